The fraction of sp³-hybridized carbons (Fsp3) is 0.200. The lowest BCUT2D eigenvalue weighted by atomic mass is 10.2. The maximum absolute atomic E-state index is 10.0. The second-order valence-corrected chi connectivity index (χ2v) is 2.67. The number of rotatable bonds is 3. The zero-order valence-corrected chi connectivity index (χ0v) is 7.65. The van der Waals surface area contributed by atoms with Gasteiger partial charge in [-0.05, 0) is 24.6 Å². The Morgan fingerprint density at radius 3 is 2.92 bits per heavy atom. The molecule has 3 nitrogen and oxygen atoms in total. The molecule has 3 heteroatoms. The zero-order chi connectivity index (χ0) is 9.68. The molecule has 0 saturated heterocycles. The van der Waals surface area contributed by atoms with Crippen LogP contribution in [0.25, 0.3) is 6.08 Å². The summed E-state index contributed by atoms with van der Waals surface area (Å²) in [6.45, 7) is 3.68. The minimum absolute atomic E-state index is 0.637. The van der Waals surface area contributed by atoms with E-state index < -0.39 is 0 Å². The molecular formula is C10H11NO2. The van der Waals surface area contributed by atoms with Crippen molar-refractivity contribution in [2.75, 3.05) is 0 Å². The molecule has 0 aliphatic heterocycles. The predicted octanol–water partition coefficient (Wildman–Crippen LogP) is 2.14. The largest absolute Gasteiger partial charge is 0.449 e. The van der Waals surface area contributed by atoms with Gasteiger partial charge in [0.15, 0.2) is 5.89 Å². The van der Waals surface area contributed by atoms with E-state index in [-0.39, 0.29) is 0 Å². The summed E-state index contributed by atoms with van der Waals surface area (Å²) in [6.07, 6.45) is 7.32. The summed E-state index contributed by atoms with van der Waals surface area (Å²) in [5.41, 5.74) is 1.73. The first kappa shape index (κ1) is 9.45. The molecule has 1 heterocycles. The van der Waals surface area contributed by atoms with Crippen molar-refractivity contribution in [3.05, 3.63) is 35.6 Å². The van der Waals surface area contributed by atoms with Crippen LogP contribution in [0.4, 0.5) is 0 Å². The van der Waals surface area contributed by atoms with E-state index in [9.17, 15) is 4.79 Å². The van der Waals surface area contributed by atoms with Gasteiger partial charge in [0.2, 0.25) is 0 Å². The molecule has 0 aliphatic rings. The van der Waals surface area contributed by atoms with Crippen molar-refractivity contribution < 1.29 is 9.21 Å². The monoisotopic (exact) mass is 177 g/mol. The highest BCUT2D eigenvalue weighted by atomic mass is 16.3. The third-order valence-electron chi connectivity index (χ3n) is 1.45. The van der Waals surface area contributed by atoms with Gasteiger partial charge >= 0.3 is 0 Å². The molecule has 0 N–H and O–H groups in total. The van der Waals surface area contributed by atoms with Gasteiger partial charge in [0.05, 0.1) is 0 Å². The van der Waals surface area contributed by atoms with Crippen LogP contribution in [-0.2, 0) is 4.79 Å². The molecule has 0 atom stereocenters. The molecule has 0 saturated carbocycles. The Morgan fingerprint density at radius 1 is 1.62 bits per heavy atom. The van der Waals surface area contributed by atoms with Crippen LogP contribution in [0.3, 0.4) is 0 Å². The molecule has 68 valence electrons. The Bertz CT molecular complexity index is 348. The van der Waals surface area contributed by atoms with Gasteiger partial charge in [0.25, 0.3) is 0 Å². The number of oxazole rings is 1. The summed E-state index contributed by atoms with van der Waals surface area (Å²) < 4.78 is 5.02. The smallest absolute Gasteiger partial charge is 0.191 e. The summed E-state index contributed by atoms with van der Waals surface area (Å²) in [6, 6.07) is 0. The summed E-state index contributed by atoms with van der Waals surface area (Å²) in [5, 5.41) is 0. The highest BCUT2D eigenvalue weighted by Gasteiger charge is 1.94. The minimum atomic E-state index is 0.637. The molecule has 0 fully saturated rings. The van der Waals surface area contributed by atoms with E-state index >= 15 is 0 Å². The third-order valence-corrected chi connectivity index (χ3v) is 1.45. The average Bonchev–Trinajstić information content (AvgIpc) is 2.48. The molecule has 0 amide bonds. The van der Waals surface area contributed by atoms with Crippen molar-refractivity contribution in [3.63, 3.8) is 0 Å². The van der Waals surface area contributed by atoms with Crippen LogP contribution in [0, 0.1) is 6.92 Å². The van der Waals surface area contributed by atoms with E-state index in [0.29, 0.717) is 5.89 Å². The molecule has 0 radical (unpaired) electrons. The number of carbonyl (C=O) groups is 1. The summed E-state index contributed by atoms with van der Waals surface area (Å²) >= 11 is 0. The quantitative estimate of drug-likeness (QED) is 0.403. The first-order chi connectivity index (χ1) is 6.22. The minimum Gasteiger partial charge on any atom is -0.449 e. The second-order valence-electron chi connectivity index (χ2n) is 2.67. The highest BCUT2D eigenvalue weighted by Crippen LogP contribution is 2.06. The first-order valence-electron chi connectivity index (χ1n) is 3.94. The number of aromatic nitrogens is 1. The average molecular weight is 177 g/mol. The van der Waals surface area contributed by atoms with Gasteiger partial charge in [-0.15, -0.1) is 0 Å². The van der Waals surface area contributed by atoms with Crippen molar-refractivity contribution in [2.24, 2.45) is 0 Å². The van der Waals surface area contributed by atoms with Crippen LogP contribution in [-0.4, -0.2) is 11.3 Å². The zero-order valence-electron chi connectivity index (χ0n) is 7.65. The Morgan fingerprint density at radius 2 is 2.38 bits per heavy atom. The molecule has 0 aromatic carbocycles. The van der Waals surface area contributed by atoms with E-state index in [1.165, 1.54) is 6.08 Å². The van der Waals surface area contributed by atoms with Gasteiger partial charge in [0, 0.05) is 6.92 Å². The lowest BCUT2D eigenvalue weighted by Crippen LogP contribution is -1.74. The fourth-order valence-electron chi connectivity index (χ4n) is 0.919. The van der Waals surface area contributed by atoms with Crippen LogP contribution in [0.2, 0.25) is 0 Å². The number of hydrogen-bond donors (Lipinski definition) is 0. The highest BCUT2D eigenvalue weighted by molar-refractivity contribution is 5.67. The van der Waals surface area contributed by atoms with E-state index in [4.69, 9.17) is 4.42 Å². The number of aryl methyl sites for hydroxylation is 1. The van der Waals surface area contributed by atoms with Gasteiger partial charge in [-0.1, -0.05) is 6.08 Å². The topological polar surface area (TPSA) is 43.1 Å². The maximum Gasteiger partial charge on any atom is 0.191 e. The molecule has 0 aliphatic carbocycles. The molecule has 0 bridgehead atoms. The summed E-state index contributed by atoms with van der Waals surface area (Å²) in [5.74, 6) is 0.637. The van der Waals surface area contributed by atoms with Crippen molar-refractivity contribution in [3.8, 4) is 0 Å². The van der Waals surface area contributed by atoms with E-state index in [1.54, 1.807) is 19.3 Å². The Labute approximate surface area is 76.8 Å². The van der Waals surface area contributed by atoms with Crippen LogP contribution in [0.5, 0.6) is 0 Å². The van der Waals surface area contributed by atoms with Gasteiger partial charge in [-0.2, -0.15) is 0 Å². The third kappa shape index (κ3) is 3.07. The molecule has 1 aromatic rings. The van der Waals surface area contributed by atoms with Gasteiger partial charge in [0.1, 0.15) is 18.2 Å². The number of carbonyl (C=O) groups excluding carboxylic acids is 1. The van der Waals surface area contributed by atoms with Gasteiger partial charge in [-0.3, -0.25) is 4.79 Å². The normalized spacial score (nSPS) is 12.3. The lowest BCUT2D eigenvalue weighted by molar-refractivity contribution is -0.104. The lowest BCUT2D eigenvalue weighted by Gasteiger charge is -1.86. The van der Waals surface area contributed by atoms with E-state index in [1.807, 2.05) is 13.0 Å². The SMILES string of the molecule is CC(=Cc1coc(C)n1)/C=C/C=O. The Kier molecular flexibility index (Phi) is 3.20. The van der Waals surface area contributed by atoms with Gasteiger partial charge in [-0.25, -0.2) is 4.98 Å². The maximum atomic E-state index is 10.0. The molecule has 1 aromatic heterocycles. The molecule has 0 spiro atoms. The number of aldehydes is 1. The van der Waals surface area contributed by atoms with Crippen LogP contribution in [0.15, 0.2) is 28.4 Å². The second kappa shape index (κ2) is 4.40. The van der Waals surface area contributed by atoms with E-state index in [0.717, 1.165) is 17.6 Å². The van der Waals surface area contributed by atoms with Crippen LogP contribution < -0.4 is 0 Å². The number of allylic oxidation sites excluding steroid dienone is 3. The van der Waals surface area contributed by atoms with Crippen molar-refractivity contribution >= 4 is 12.4 Å². The summed E-state index contributed by atoms with van der Waals surface area (Å²) in [4.78, 5) is 14.1. The predicted molar refractivity (Wildman–Crippen MR) is 50.1 cm³/mol. The molecule has 1 rings (SSSR count). The summed E-state index contributed by atoms with van der Waals surface area (Å²) in [7, 11) is 0. The number of nitrogens with zero attached hydrogens (tertiary/aromatic N) is 1. The fourth-order valence-corrected chi connectivity index (χ4v) is 0.919. The Balaban J connectivity index is 2.75. The number of hydrogen-bond acceptors (Lipinski definition) is 3. The standard InChI is InChI=1S/C10H11NO2/c1-8(4-3-5-12)6-10-7-13-9(2)11-10/h3-7H,1-2H3/b4-3+,8-6?. The van der Waals surface area contributed by atoms with Crippen molar-refractivity contribution in [1.29, 1.82) is 0 Å². The first-order valence-corrected chi connectivity index (χ1v) is 3.94. The van der Waals surface area contributed by atoms with Crippen LogP contribution in [0.1, 0.15) is 18.5 Å². The molecule has 13 heavy (non-hydrogen) atoms. The molecule has 0 unspecified atom stereocenters. The molecular weight excluding hydrogens is 166 g/mol. The van der Waals surface area contributed by atoms with Gasteiger partial charge < -0.3 is 4.42 Å². The van der Waals surface area contributed by atoms with Crippen molar-refractivity contribution in [2.45, 2.75) is 13.8 Å². The van der Waals surface area contributed by atoms with Crippen LogP contribution >= 0.6 is 0 Å². The van der Waals surface area contributed by atoms with Crippen molar-refractivity contribution in [1.82, 2.24) is 4.98 Å². The Hall–Kier alpha value is -1.64. The van der Waals surface area contributed by atoms with E-state index in [2.05, 4.69) is 4.98 Å².